The molecule has 21 heavy (non-hydrogen) atoms. The van der Waals surface area contributed by atoms with Crippen LogP contribution in [0.4, 0.5) is 4.79 Å². The largest absolute Gasteiger partial charge is 0.480 e. The second kappa shape index (κ2) is 6.60. The number of carboxylic acid groups (broad SMARTS) is 1. The Balaban J connectivity index is 2.11. The summed E-state index contributed by atoms with van der Waals surface area (Å²) in [4.78, 5) is 26.0. The van der Waals surface area contributed by atoms with Gasteiger partial charge in [0.05, 0.1) is 0 Å². The zero-order chi connectivity index (χ0) is 15.2. The summed E-state index contributed by atoms with van der Waals surface area (Å²) < 4.78 is 0. The molecule has 1 heterocycles. The molecule has 0 fully saturated rings. The molecule has 2 aromatic rings. The molecule has 0 bridgehead atoms. The highest BCUT2D eigenvalue weighted by molar-refractivity contribution is 5.86. The predicted octanol–water partition coefficient (Wildman–Crippen LogP) is 1.65. The van der Waals surface area contributed by atoms with Crippen molar-refractivity contribution >= 4 is 22.9 Å². The standard InChI is InChI=1S/C15H17N3O3/c1-2-7-16-15(21)18-13(14(19)20)8-10-9-17-12-6-4-3-5-11(10)12/h2-6,9,13,17H,1,7-8H2,(H,19,20)(H2,16,18,21). The SMILES string of the molecule is C=CCNC(=O)NC(Cc1c[nH]c2ccccc12)C(=O)O. The van der Waals surface area contributed by atoms with E-state index < -0.39 is 18.0 Å². The Kier molecular flexibility index (Phi) is 4.61. The number of hydrogen-bond acceptors (Lipinski definition) is 2. The quantitative estimate of drug-likeness (QED) is 0.608. The lowest BCUT2D eigenvalue weighted by atomic mass is 10.1. The number of rotatable bonds is 6. The molecule has 1 aromatic heterocycles. The lowest BCUT2D eigenvalue weighted by Gasteiger charge is -2.14. The van der Waals surface area contributed by atoms with Crippen LogP contribution in [0.2, 0.25) is 0 Å². The van der Waals surface area contributed by atoms with Crippen molar-refractivity contribution in [1.29, 1.82) is 0 Å². The molecule has 1 unspecified atom stereocenters. The minimum atomic E-state index is -1.07. The summed E-state index contributed by atoms with van der Waals surface area (Å²) in [7, 11) is 0. The minimum absolute atomic E-state index is 0.209. The van der Waals surface area contributed by atoms with E-state index in [1.165, 1.54) is 6.08 Å². The lowest BCUT2D eigenvalue weighted by molar-refractivity contribution is -0.139. The Hall–Kier alpha value is -2.76. The first-order valence-corrected chi connectivity index (χ1v) is 6.55. The smallest absolute Gasteiger partial charge is 0.326 e. The normalized spacial score (nSPS) is 11.8. The third-order valence-corrected chi connectivity index (χ3v) is 3.11. The monoisotopic (exact) mass is 287 g/mol. The minimum Gasteiger partial charge on any atom is -0.480 e. The number of carboxylic acids is 1. The number of aromatic amines is 1. The zero-order valence-electron chi connectivity index (χ0n) is 11.4. The van der Waals surface area contributed by atoms with Gasteiger partial charge in [0.25, 0.3) is 0 Å². The van der Waals surface area contributed by atoms with Crippen LogP contribution < -0.4 is 10.6 Å². The van der Waals surface area contributed by atoms with Crippen LogP contribution in [0, 0.1) is 0 Å². The predicted molar refractivity (Wildman–Crippen MR) is 80.2 cm³/mol. The fourth-order valence-corrected chi connectivity index (χ4v) is 2.09. The second-order valence-corrected chi connectivity index (χ2v) is 4.60. The Labute approximate surface area is 121 Å². The molecule has 0 saturated heterocycles. The van der Waals surface area contributed by atoms with Crippen LogP contribution in [0.15, 0.2) is 43.1 Å². The van der Waals surface area contributed by atoms with Gasteiger partial charge in [-0.05, 0) is 11.6 Å². The molecule has 0 spiro atoms. The van der Waals surface area contributed by atoms with Gasteiger partial charge in [0.2, 0.25) is 0 Å². The van der Waals surface area contributed by atoms with Gasteiger partial charge >= 0.3 is 12.0 Å². The molecule has 0 saturated carbocycles. The maximum Gasteiger partial charge on any atom is 0.326 e. The zero-order valence-corrected chi connectivity index (χ0v) is 11.4. The summed E-state index contributed by atoms with van der Waals surface area (Å²) in [5, 5.41) is 15.1. The molecular weight excluding hydrogens is 270 g/mol. The van der Waals surface area contributed by atoms with Crippen LogP contribution in [0.3, 0.4) is 0 Å². The van der Waals surface area contributed by atoms with E-state index in [0.29, 0.717) is 0 Å². The van der Waals surface area contributed by atoms with Gasteiger partial charge in [0.1, 0.15) is 6.04 Å². The maximum absolute atomic E-state index is 11.6. The molecule has 0 aliphatic heterocycles. The molecule has 4 N–H and O–H groups in total. The maximum atomic E-state index is 11.6. The van der Waals surface area contributed by atoms with Crippen molar-refractivity contribution in [3.05, 3.63) is 48.7 Å². The molecule has 6 nitrogen and oxygen atoms in total. The van der Waals surface area contributed by atoms with Gasteiger partial charge in [-0.25, -0.2) is 9.59 Å². The summed E-state index contributed by atoms with van der Waals surface area (Å²) in [6.07, 6.45) is 3.50. The van der Waals surface area contributed by atoms with Crippen LogP contribution in [0.25, 0.3) is 10.9 Å². The molecule has 0 aliphatic carbocycles. The average Bonchev–Trinajstić information content (AvgIpc) is 2.87. The lowest BCUT2D eigenvalue weighted by Crippen LogP contribution is -2.47. The van der Waals surface area contributed by atoms with E-state index in [1.807, 2.05) is 24.3 Å². The van der Waals surface area contributed by atoms with Crippen molar-refractivity contribution in [2.45, 2.75) is 12.5 Å². The average molecular weight is 287 g/mol. The number of hydrogen-bond donors (Lipinski definition) is 4. The van der Waals surface area contributed by atoms with Gasteiger partial charge in [-0.1, -0.05) is 24.3 Å². The Morgan fingerprint density at radius 3 is 2.86 bits per heavy atom. The fourth-order valence-electron chi connectivity index (χ4n) is 2.09. The highest BCUT2D eigenvalue weighted by Gasteiger charge is 2.21. The van der Waals surface area contributed by atoms with Crippen LogP contribution in [-0.4, -0.2) is 34.7 Å². The number of aliphatic carboxylic acids is 1. The summed E-state index contributed by atoms with van der Waals surface area (Å²) in [5.41, 5.74) is 1.79. The third kappa shape index (κ3) is 3.62. The number of carbonyl (C=O) groups is 2. The summed E-state index contributed by atoms with van der Waals surface area (Å²) >= 11 is 0. The van der Waals surface area contributed by atoms with Crippen LogP contribution in [0.5, 0.6) is 0 Å². The first-order valence-electron chi connectivity index (χ1n) is 6.55. The van der Waals surface area contributed by atoms with Crippen molar-refractivity contribution < 1.29 is 14.7 Å². The molecule has 2 rings (SSSR count). The Bertz CT molecular complexity index is 663. The highest BCUT2D eigenvalue weighted by Crippen LogP contribution is 2.19. The van der Waals surface area contributed by atoms with Gasteiger partial charge in [-0.15, -0.1) is 6.58 Å². The number of amides is 2. The van der Waals surface area contributed by atoms with E-state index in [-0.39, 0.29) is 13.0 Å². The Morgan fingerprint density at radius 1 is 1.38 bits per heavy atom. The van der Waals surface area contributed by atoms with Gasteiger partial charge in [0.15, 0.2) is 0 Å². The van der Waals surface area contributed by atoms with E-state index >= 15 is 0 Å². The van der Waals surface area contributed by atoms with Crippen molar-refractivity contribution in [2.75, 3.05) is 6.54 Å². The molecule has 6 heteroatoms. The van der Waals surface area contributed by atoms with Crippen LogP contribution in [0.1, 0.15) is 5.56 Å². The van der Waals surface area contributed by atoms with E-state index in [9.17, 15) is 14.7 Å². The summed E-state index contributed by atoms with van der Waals surface area (Å²) in [6.45, 7) is 3.76. The molecule has 1 aromatic carbocycles. The Morgan fingerprint density at radius 2 is 2.14 bits per heavy atom. The summed E-state index contributed by atoms with van der Waals surface area (Å²) in [6, 6.07) is 6.10. The first-order chi connectivity index (χ1) is 10.1. The van der Waals surface area contributed by atoms with Crippen molar-refractivity contribution in [2.24, 2.45) is 0 Å². The summed E-state index contributed by atoms with van der Waals surface area (Å²) in [5.74, 6) is -1.07. The van der Waals surface area contributed by atoms with Gasteiger partial charge in [-0.3, -0.25) is 0 Å². The fraction of sp³-hybridized carbons (Fsp3) is 0.200. The van der Waals surface area contributed by atoms with Crippen molar-refractivity contribution in [3.63, 3.8) is 0 Å². The van der Waals surface area contributed by atoms with Gasteiger partial charge < -0.3 is 20.7 Å². The number of fused-ring (bicyclic) bond motifs is 1. The molecule has 1 atom stereocenters. The highest BCUT2D eigenvalue weighted by atomic mass is 16.4. The van der Waals surface area contributed by atoms with E-state index in [4.69, 9.17) is 0 Å². The topological polar surface area (TPSA) is 94.2 Å². The van der Waals surface area contributed by atoms with E-state index in [0.717, 1.165) is 16.5 Å². The van der Waals surface area contributed by atoms with Gasteiger partial charge in [-0.2, -0.15) is 0 Å². The van der Waals surface area contributed by atoms with Crippen LogP contribution >= 0.6 is 0 Å². The number of carbonyl (C=O) groups excluding carboxylic acids is 1. The number of H-pyrrole nitrogens is 1. The second-order valence-electron chi connectivity index (χ2n) is 4.60. The van der Waals surface area contributed by atoms with Crippen LogP contribution in [-0.2, 0) is 11.2 Å². The molecular formula is C15H17N3O3. The first kappa shape index (κ1) is 14.6. The number of para-hydroxylation sites is 1. The number of benzene rings is 1. The van der Waals surface area contributed by atoms with Crippen molar-refractivity contribution in [3.8, 4) is 0 Å². The number of urea groups is 1. The van der Waals surface area contributed by atoms with Gasteiger partial charge in [0, 0.05) is 30.1 Å². The molecule has 110 valence electrons. The third-order valence-electron chi connectivity index (χ3n) is 3.11. The van der Waals surface area contributed by atoms with E-state index in [1.54, 1.807) is 6.20 Å². The molecule has 0 aliphatic rings. The number of nitrogens with one attached hydrogen (secondary N) is 3. The van der Waals surface area contributed by atoms with E-state index in [2.05, 4.69) is 22.2 Å². The number of aromatic nitrogens is 1. The molecule has 0 radical (unpaired) electrons. The van der Waals surface area contributed by atoms with Crippen molar-refractivity contribution in [1.82, 2.24) is 15.6 Å². The molecule has 2 amide bonds.